The zero-order valence-electron chi connectivity index (χ0n) is 11.7. The van der Waals surface area contributed by atoms with E-state index in [1.807, 2.05) is 43.1 Å². The zero-order chi connectivity index (χ0) is 14.4. The molecule has 20 heavy (non-hydrogen) atoms. The molecule has 2 aromatic rings. The molecule has 0 aliphatic carbocycles. The highest BCUT2D eigenvalue weighted by molar-refractivity contribution is 5.43. The number of benzene rings is 1. The van der Waals surface area contributed by atoms with Crippen molar-refractivity contribution >= 4 is 11.8 Å². The van der Waals surface area contributed by atoms with Gasteiger partial charge >= 0.3 is 0 Å². The molecule has 0 spiro atoms. The highest BCUT2D eigenvalue weighted by atomic mass is 15.2. The molecular formula is C15H17N5. The molecule has 0 saturated heterocycles. The molecule has 1 aromatic carbocycles. The van der Waals surface area contributed by atoms with Gasteiger partial charge in [-0.15, -0.1) is 0 Å². The molecule has 0 amide bonds. The maximum absolute atomic E-state index is 8.92. The summed E-state index contributed by atoms with van der Waals surface area (Å²) in [6, 6.07) is 11.6. The van der Waals surface area contributed by atoms with E-state index >= 15 is 0 Å². The Balaban J connectivity index is 2.13. The first-order valence-corrected chi connectivity index (χ1v) is 6.50. The SMILES string of the molecule is CCNc1nccc(N(C)Cc2cccc(C#N)c2)n1. The molecule has 1 aromatic heterocycles. The van der Waals surface area contributed by atoms with Crippen LogP contribution in [0.4, 0.5) is 11.8 Å². The van der Waals surface area contributed by atoms with E-state index in [0.717, 1.165) is 17.9 Å². The molecular weight excluding hydrogens is 250 g/mol. The number of hydrogen-bond acceptors (Lipinski definition) is 5. The van der Waals surface area contributed by atoms with Gasteiger partial charge in [-0.25, -0.2) is 4.98 Å². The second kappa shape index (κ2) is 6.53. The lowest BCUT2D eigenvalue weighted by Crippen LogP contribution is -2.18. The molecule has 5 heteroatoms. The maximum Gasteiger partial charge on any atom is 0.224 e. The Bertz CT molecular complexity index is 618. The summed E-state index contributed by atoms with van der Waals surface area (Å²) < 4.78 is 0. The minimum absolute atomic E-state index is 0.627. The summed E-state index contributed by atoms with van der Waals surface area (Å²) in [7, 11) is 1.97. The summed E-state index contributed by atoms with van der Waals surface area (Å²) in [6.45, 7) is 3.49. The fraction of sp³-hybridized carbons (Fsp3) is 0.267. The van der Waals surface area contributed by atoms with Crippen molar-refractivity contribution in [1.82, 2.24) is 9.97 Å². The standard InChI is InChI=1S/C15H17N5/c1-3-17-15-18-8-7-14(19-15)20(2)11-13-6-4-5-12(9-13)10-16/h4-9H,3,11H2,1-2H3,(H,17,18,19). The molecule has 1 heterocycles. The third-order valence-electron chi connectivity index (χ3n) is 2.84. The molecule has 0 radical (unpaired) electrons. The van der Waals surface area contributed by atoms with E-state index in [1.165, 1.54) is 0 Å². The highest BCUT2D eigenvalue weighted by Crippen LogP contribution is 2.14. The van der Waals surface area contributed by atoms with Gasteiger partial charge in [0.05, 0.1) is 11.6 Å². The number of rotatable bonds is 5. The molecule has 0 aliphatic heterocycles. The van der Waals surface area contributed by atoms with Crippen LogP contribution in [-0.2, 0) is 6.54 Å². The van der Waals surface area contributed by atoms with Crippen molar-refractivity contribution in [2.75, 3.05) is 23.8 Å². The Morgan fingerprint density at radius 2 is 2.20 bits per heavy atom. The van der Waals surface area contributed by atoms with Gasteiger partial charge in [-0.2, -0.15) is 10.2 Å². The van der Waals surface area contributed by atoms with Crippen LogP contribution in [0.25, 0.3) is 0 Å². The molecule has 0 unspecified atom stereocenters. The number of hydrogen-bond donors (Lipinski definition) is 1. The number of nitriles is 1. The van der Waals surface area contributed by atoms with Gasteiger partial charge in [0.2, 0.25) is 5.95 Å². The molecule has 0 bridgehead atoms. The largest absolute Gasteiger partial charge is 0.355 e. The van der Waals surface area contributed by atoms with Crippen molar-refractivity contribution in [2.24, 2.45) is 0 Å². The van der Waals surface area contributed by atoms with E-state index in [0.29, 0.717) is 18.1 Å². The van der Waals surface area contributed by atoms with Crippen molar-refractivity contribution in [3.8, 4) is 6.07 Å². The van der Waals surface area contributed by atoms with Crippen LogP contribution in [0.1, 0.15) is 18.1 Å². The van der Waals surface area contributed by atoms with Crippen LogP contribution < -0.4 is 10.2 Å². The lowest BCUT2D eigenvalue weighted by atomic mass is 10.1. The summed E-state index contributed by atoms with van der Waals surface area (Å²) in [4.78, 5) is 10.6. The lowest BCUT2D eigenvalue weighted by Gasteiger charge is -2.18. The van der Waals surface area contributed by atoms with Gasteiger partial charge in [-0.05, 0) is 30.7 Å². The average molecular weight is 267 g/mol. The Kier molecular flexibility index (Phi) is 4.51. The van der Waals surface area contributed by atoms with Gasteiger partial charge in [0.15, 0.2) is 0 Å². The maximum atomic E-state index is 8.92. The molecule has 0 aliphatic rings. The lowest BCUT2D eigenvalue weighted by molar-refractivity contribution is 0.890. The van der Waals surface area contributed by atoms with Crippen LogP contribution in [0.15, 0.2) is 36.5 Å². The Hall–Kier alpha value is -2.61. The summed E-state index contributed by atoms with van der Waals surface area (Å²) in [5.41, 5.74) is 1.75. The van der Waals surface area contributed by atoms with E-state index in [1.54, 1.807) is 12.3 Å². The van der Waals surface area contributed by atoms with E-state index in [4.69, 9.17) is 5.26 Å². The van der Waals surface area contributed by atoms with Gasteiger partial charge < -0.3 is 10.2 Å². The molecule has 0 saturated carbocycles. The zero-order valence-corrected chi connectivity index (χ0v) is 11.7. The van der Waals surface area contributed by atoms with Gasteiger partial charge in [-0.1, -0.05) is 12.1 Å². The minimum Gasteiger partial charge on any atom is -0.355 e. The fourth-order valence-electron chi connectivity index (χ4n) is 1.90. The van der Waals surface area contributed by atoms with Crippen molar-refractivity contribution in [3.63, 3.8) is 0 Å². The summed E-state index contributed by atoms with van der Waals surface area (Å²) >= 11 is 0. The topological polar surface area (TPSA) is 64.8 Å². The monoisotopic (exact) mass is 267 g/mol. The summed E-state index contributed by atoms with van der Waals surface area (Å²) in [5.74, 6) is 1.47. The van der Waals surface area contributed by atoms with Crippen LogP contribution >= 0.6 is 0 Å². The van der Waals surface area contributed by atoms with Crippen LogP contribution in [0, 0.1) is 11.3 Å². The minimum atomic E-state index is 0.627. The van der Waals surface area contributed by atoms with Gasteiger partial charge in [0.25, 0.3) is 0 Å². The van der Waals surface area contributed by atoms with Gasteiger partial charge in [0, 0.05) is 26.3 Å². The smallest absolute Gasteiger partial charge is 0.224 e. The molecule has 102 valence electrons. The number of nitrogens with zero attached hydrogens (tertiary/aromatic N) is 4. The van der Waals surface area contributed by atoms with Crippen LogP contribution in [0.5, 0.6) is 0 Å². The summed E-state index contributed by atoms with van der Waals surface area (Å²) in [6.07, 6.45) is 1.74. The fourth-order valence-corrected chi connectivity index (χ4v) is 1.90. The van der Waals surface area contributed by atoms with Crippen LogP contribution in [0.3, 0.4) is 0 Å². The quantitative estimate of drug-likeness (QED) is 0.901. The summed E-state index contributed by atoms with van der Waals surface area (Å²) in [5, 5.41) is 12.0. The van der Waals surface area contributed by atoms with Crippen molar-refractivity contribution < 1.29 is 0 Å². The average Bonchev–Trinajstić information content (AvgIpc) is 2.48. The highest BCUT2D eigenvalue weighted by Gasteiger charge is 2.05. The van der Waals surface area contributed by atoms with E-state index in [2.05, 4.69) is 21.4 Å². The van der Waals surface area contributed by atoms with Gasteiger partial charge in [0.1, 0.15) is 5.82 Å². The number of aromatic nitrogens is 2. The Labute approximate surface area is 118 Å². The Morgan fingerprint density at radius 3 is 2.95 bits per heavy atom. The first-order chi connectivity index (χ1) is 9.72. The molecule has 1 N–H and O–H groups in total. The normalized spacial score (nSPS) is 9.85. The van der Waals surface area contributed by atoms with Crippen molar-refractivity contribution in [3.05, 3.63) is 47.7 Å². The van der Waals surface area contributed by atoms with Crippen molar-refractivity contribution in [1.29, 1.82) is 5.26 Å². The predicted molar refractivity (Wildman–Crippen MR) is 79.5 cm³/mol. The first-order valence-electron chi connectivity index (χ1n) is 6.50. The molecule has 0 atom stereocenters. The van der Waals surface area contributed by atoms with Crippen LogP contribution in [-0.4, -0.2) is 23.6 Å². The van der Waals surface area contributed by atoms with Crippen molar-refractivity contribution in [2.45, 2.75) is 13.5 Å². The number of nitrogens with one attached hydrogen (secondary N) is 1. The predicted octanol–water partition coefficient (Wildman–Crippen LogP) is 2.42. The van der Waals surface area contributed by atoms with Crippen LogP contribution in [0.2, 0.25) is 0 Å². The Morgan fingerprint density at radius 1 is 1.35 bits per heavy atom. The molecule has 5 nitrogen and oxygen atoms in total. The molecule has 2 rings (SSSR count). The van der Waals surface area contributed by atoms with E-state index in [-0.39, 0.29) is 0 Å². The van der Waals surface area contributed by atoms with E-state index < -0.39 is 0 Å². The first kappa shape index (κ1) is 13.8. The second-order valence-corrected chi connectivity index (χ2v) is 4.44. The van der Waals surface area contributed by atoms with E-state index in [9.17, 15) is 0 Å². The third kappa shape index (κ3) is 3.45. The second-order valence-electron chi connectivity index (χ2n) is 4.44. The van der Waals surface area contributed by atoms with Gasteiger partial charge in [-0.3, -0.25) is 0 Å². The molecule has 0 fully saturated rings. The third-order valence-corrected chi connectivity index (χ3v) is 2.84. The number of anilines is 2.